The highest BCUT2D eigenvalue weighted by Crippen LogP contribution is 2.22. The predicted octanol–water partition coefficient (Wildman–Crippen LogP) is 4.24. The van der Waals surface area contributed by atoms with E-state index in [0.717, 1.165) is 24.3 Å². The van der Waals surface area contributed by atoms with Crippen molar-refractivity contribution < 1.29 is 4.92 Å². The number of nitrogens with zero attached hydrogens (tertiary/aromatic N) is 5. The number of benzene rings is 2. The Hall–Kier alpha value is -3.33. The standard InChI is InChI=1S/C19H20N6O2S/c1-3-23(4-2)16-10-8-15(9-11-16)18-21-22-19(28)24(18)20-13-14-6-5-7-17(12-14)25(26)27/h5-13H,3-4H2,1-2H3,(H,22,28). The predicted molar refractivity (Wildman–Crippen MR) is 112 cm³/mol. The first kappa shape index (κ1) is 19.4. The van der Waals surface area contributed by atoms with E-state index in [1.807, 2.05) is 24.3 Å². The SMILES string of the molecule is CCN(CC)c1ccc(-c2n[nH]c(=S)n2N=Cc2cccc([N+](=O)[O-])c2)cc1. The summed E-state index contributed by atoms with van der Waals surface area (Å²) in [6.07, 6.45) is 1.52. The minimum atomic E-state index is -0.441. The highest BCUT2D eigenvalue weighted by molar-refractivity contribution is 7.71. The Kier molecular flexibility index (Phi) is 5.95. The highest BCUT2D eigenvalue weighted by Gasteiger charge is 2.10. The zero-order valence-electron chi connectivity index (χ0n) is 15.6. The third-order valence-electron chi connectivity index (χ3n) is 4.31. The van der Waals surface area contributed by atoms with Gasteiger partial charge in [-0.05, 0) is 50.3 Å². The van der Waals surface area contributed by atoms with E-state index < -0.39 is 4.92 Å². The minimum Gasteiger partial charge on any atom is -0.372 e. The third kappa shape index (κ3) is 4.15. The van der Waals surface area contributed by atoms with Crippen molar-refractivity contribution in [2.45, 2.75) is 13.8 Å². The number of non-ortho nitro benzene ring substituents is 1. The lowest BCUT2D eigenvalue weighted by atomic mass is 10.2. The van der Waals surface area contributed by atoms with Crippen LogP contribution in [0.1, 0.15) is 19.4 Å². The lowest BCUT2D eigenvalue weighted by Gasteiger charge is -2.20. The van der Waals surface area contributed by atoms with E-state index in [2.05, 4.69) is 34.0 Å². The van der Waals surface area contributed by atoms with Gasteiger partial charge < -0.3 is 4.90 Å². The van der Waals surface area contributed by atoms with Crippen molar-refractivity contribution in [1.29, 1.82) is 0 Å². The van der Waals surface area contributed by atoms with Crippen LogP contribution in [0.2, 0.25) is 0 Å². The molecule has 2 aromatic carbocycles. The Balaban J connectivity index is 1.91. The molecule has 0 unspecified atom stereocenters. The Morgan fingerprint density at radius 3 is 2.61 bits per heavy atom. The number of hydrogen-bond acceptors (Lipinski definition) is 6. The number of aromatic amines is 1. The summed E-state index contributed by atoms with van der Waals surface area (Å²) in [5.41, 5.74) is 2.60. The summed E-state index contributed by atoms with van der Waals surface area (Å²) in [5.74, 6) is 0.567. The zero-order chi connectivity index (χ0) is 20.1. The maximum atomic E-state index is 10.9. The van der Waals surface area contributed by atoms with E-state index >= 15 is 0 Å². The molecule has 1 heterocycles. The number of rotatable bonds is 7. The number of anilines is 1. The molecular weight excluding hydrogens is 376 g/mol. The average molecular weight is 396 g/mol. The molecule has 0 aliphatic carbocycles. The molecule has 0 saturated carbocycles. The summed E-state index contributed by atoms with van der Waals surface area (Å²) in [6, 6.07) is 14.2. The van der Waals surface area contributed by atoms with Gasteiger partial charge in [0.05, 0.1) is 11.1 Å². The van der Waals surface area contributed by atoms with Crippen LogP contribution in [0.4, 0.5) is 11.4 Å². The van der Waals surface area contributed by atoms with Gasteiger partial charge in [-0.2, -0.15) is 14.9 Å². The summed E-state index contributed by atoms with van der Waals surface area (Å²) in [5, 5.41) is 22.3. The van der Waals surface area contributed by atoms with Crippen molar-refractivity contribution in [2.75, 3.05) is 18.0 Å². The first-order valence-electron chi connectivity index (χ1n) is 8.85. The molecule has 1 aromatic heterocycles. The number of H-pyrrole nitrogens is 1. The van der Waals surface area contributed by atoms with Gasteiger partial charge >= 0.3 is 0 Å². The van der Waals surface area contributed by atoms with Crippen molar-refractivity contribution in [3.05, 3.63) is 69.0 Å². The number of nitro groups is 1. The first-order chi connectivity index (χ1) is 13.5. The molecule has 0 bridgehead atoms. The molecule has 0 atom stereocenters. The lowest BCUT2D eigenvalue weighted by molar-refractivity contribution is -0.384. The third-order valence-corrected chi connectivity index (χ3v) is 4.57. The van der Waals surface area contributed by atoms with Crippen molar-refractivity contribution in [3.63, 3.8) is 0 Å². The maximum Gasteiger partial charge on any atom is 0.270 e. The van der Waals surface area contributed by atoms with Crippen LogP contribution in [-0.4, -0.2) is 39.1 Å². The monoisotopic (exact) mass is 396 g/mol. The first-order valence-corrected chi connectivity index (χ1v) is 9.26. The second-order valence-electron chi connectivity index (χ2n) is 5.98. The van der Waals surface area contributed by atoms with Crippen LogP contribution < -0.4 is 4.90 Å². The molecule has 1 N–H and O–H groups in total. The molecule has 28 heavy (non-hydrogen) atoms. The molecule has 0 amide bonds. The van der Waals surface area contributed by atoms with Crippen LogP contribution in [0.3, 0.4) is 0 Å². The zero-order valence-corrected chi connectivity index (χ0v) is 16.4. The molecule has 3 aromatic rings. The van der Waals surface area contributed by atoms with Crippen LogP contribution in [-0.2, 0) is 0 Å². The van der Waals surface area contributed by atoms with Crippen molar-refractivity contribution in [2.24, 2.45) is 5.10 Å². The van der Waals surface area contributed by atoms with Gasteiger partial charge in [-0.3, -0.25) is 10.1 Å². The summed E-state index contributed by atoms with van der Waals surface area (Å²) >= 11 is 5.28. The van der Waals surface area contributed by atoms with Gasteiger partial charge in [0.1, 0.15) is 0 Å². The van der Waals surface area contributed by atoms with Gasteiger partial charge in [-0.25, -0.2) is 5.10 Å². The summed E-state index contributed by atoms with van der Waals surface area (Å²) < 4.78 is 1.84. The van der Waals surface area contributed by atoms with E-state index in [4.69, 9.17) is 12.2 Å². The van der Waals surface area contributed by atoms with Gasteiger partial charge in [0.2, 0.25) is 4.77 Å². The summed E-state index contributed by atoms with van der Waals surface area (Å²) in [4.78, 5) is 12.7. The fourth-order valence-corrected chi connectivity index (χ4v) is 3.02. The molecule has 8 nitrogen and oxygen atoms in total. The van der Waals surface area contributed by atoms with Crippen LogP contribution >= 0.6 is 12.2 Å². The van der Waals surface area contributed by atoms with Crippen LogP contribution in [0, 0.1) is 14.9 Å². The molecular formula is C19H20N6O2S. The Labute approximate surface area is 167 Å². The molecule has 0 aliphatic heterocycles. The fourth-order valence-electron chi connectivity index (χ4n) is 2.84. The number of nitrogens with one attached hydrogen (secondary N) is 1. The largest absolute Gasteiger partial charge is 0.372 e. The molecule has 3 rings (SSSR count). The average Bonchev–Trinajstić information content (AvgIpc) is 3.08. The Bertz CT molecular complexity index is 1050. The van der Waals surface area contributed by atoms with Crippen LogP contribution in [0.5, 0.6) is 0 Å². The van der Waals surface area contributed by atoms with Crippen molar-refractivity contribution in [1.82, 2.24) is 14.9 Å². The van der Waals surface area contributed by atoms with Gasteiger partial charge in [0, 0.05) is 42.0 Å². The second-order valence-corrected chi connectivity index (χ2v) is 6.37. The number of nitro benzene ring substituents is 1. The highest BCUT2D eigenvalue weighted by atomic mass is 32.1. The Morgan fingerprint density at radius 2 is 1.96 bits per heavy atom. The Morgan fingerprint density at radius 1 is 1.25 bits per heavy atom. The quantitative estimate of drug-likeness (QED) is 0.279. The van der Waals surface area contributed by atoms with E-state index in [-0.39, 0.29) is 5.69 Å². The molecule has 0 radical (unpaired) electrons. The molecule has 0 spiro atoms. The van der Waals surface area contributed by atoms with Crippen LogP contribution in [0.15, 0.2) is 53.6 Å². The summed E-state index contributed by atoms with van der Waals surface area (Å²) in [7, 11) is 0. The normalized spacial score (nSPS) is 11.1. The fraction of sp³-hybridized carbons (Fsp3) is 0.211. The summed E-state index contributed by atoms with van der Waals surface area (Å²) in [6.45, 7) is 6.10. The smallest absolute Gasteiger partial charge is 0.270 e. The van der Waals surface area contributed by atoms with Gasteiger partial charge in [-0.15, -0.1) is 0 Å². The topological polar surface area (TPSA) is 92.3 Å². The minimum absolute atomic E-state index is 0.00644. The van der Waals surface area contributed by atoms with Crippen LogP contribution in [0.25, 0.3) is 11.4 Å². The lowest BCUT2D eigenvalue weighted by Crippen LogP contribution is -2.21. The van der Waals surface area contributed by atoms with Crippen molar-refractivity contribution in [3.8, 4) is 11.4 Å². The van der Waals surface area contributed by atoms with E-state index in [1.165, 1.54) is 23.0 Å². The number of aromatic nitrogens is 3. The van der Waals surface area contributed by atoms with Gasteiger partial charge in [0.25, 0.3) is 5.69 Å². The number of hydrogen-bond donors (Lipinski definition) is 1. The molecule has 0 fully saturated rings. The van der Waals surface area contributed by atoms with Gasteiger partial charge in [0.15, 0.2) is 5.82 Å². The van der Waals surface area contributed by atoms with Gasteiger partial charge in [-0.1, -0.05) is 12.1 Å². The molecule has 144 valence electrons. The maximum absolute atomic E-state index is 10.9. The van der Waals surface area contributed by atoms with Crippen molar-refractivity contribution >= 4 is 29.8 Å². The molecule has 0 aliphatic rings. The molecule has 0 saturated heterocycles. The molecule has 9 heteroatoms. The van der Waals surface area contributed by atoms with E-state index in [1.54, 1.807) is 12.1 Å². The second kappa shape index (κ2) is 8.57. The van der Waals surface area contributed by atoms with E-state index in [9.17, 15) is 10.1 Å². The van der Waals surface area contributed by atoms with E-state index in [0.29, 0.717) is 16.2 Å².